The molecule has 1 amide bonds. The number of methoxy groups -OCH3 is 1. The molecule has 1 heterocycles. The number of hydrogen-bond donors (Lipinski definition) is 1. The third-order valence-corrected chi connectivity index (χ3v) is 4.89. The number of para-hydroxylation sites is 1. The van der Waals surface area contributed by atoms with Gasteiger partial charge >= 0.3 is 5.97 Å². The zero-order chi connectivity index (χ0) is 21.5. The number of furan rings is 1. The van der Waals surface area contributed by atoms with E-state index in [1.165, 1.54) is 5.56 Å². The van der Waals surface area contributed by atoms with Crippen LogP contribution in [0.2, 0.25) is 0 Å². The van der Waals surface area contributed by atoms with Gasteiger partial charge in [-0.1, -0.05) is 56.3 Å². The molecule has 6 heteroatoms. The normalized spacial score (nSPS) is 11.1. The second-order valence-corrected chi connectivity index (χ2v) is 7.41. The van der Waals surface area contributed by atoms with Crippen molar-refractivity contribution in [3.05, 3.63) is 71.0 Å². The fourth-order valence-corrected chi connectivity index (χ4v) is 3.21. The zero-order valence-corrected chi connectivity index (χ0v) is 17.6. The Labute approximate surface area is 176 Å². The van der Waals surface area contributed by atoms with Gasteiger partial charge in [0.25, 0.3) is 5.91 Å². The number of rotatable bonds is 9. The van der Waals surface area contributed by atoms with Crippen molar-refractivity contribution in [2.45, 2.75) is 32.8 Å². The van der Waals surface area contributed by atoms with E-state index >= 15 is 0 Å². The van der Waals surface area contributed by atoms with Gasteiger partial charge in [0, 0.05) is 24.6 Å². The molecule has 0 saturated heterocycles. The Bertz CT molecular complexity index is 1000. The third kappa shape index (κ3) is 5.27. The van der Waals surface area contributed by atoms with Crippen LogP contribution in [0.4, 0.5) is 0 Å². The second kappa shape index (κ2) is 10.1. The Morgan fingerprint density at radius 3 is 2.50 bits per heavy atom. The van der Waals surface area contributed by atoms with Gasteiger partial charge in [-0.3, -0.25) is 4.79 Å². The number of carbonyl (C=O) groups is 2. The van der Waals surface area contributed by atoms with Crippen LogP contribution in [0.3, 0.4) is 0 Å². The van der Waals surface area contributed by atoms with E-state index in [9.17, 15) is 9.59 Å². The molecular weight excluding hydrogens is 382 g/mol. The maximum atomic E-state index is 12.4. The van der Waals surface area contributed by atoms with Crippen LogP contribution < -0.4 is 5.32 Å². The Kier molecular flexibility index (Phi) is 7.25. The minimum atomic E-state index is -0.683. The number of nitrogens with one attached hydrogen (secondary N) is 1. The van der Waals surface area contributed by atoms with Gasteiger partial charge in [-0.15, -0.1) is 0 Å². The summed E-state index contributed by atoms with van der Waals surface area (Å²) < 4.78 is 16.0. The predicted octanol–water partition coefficient (Wildman–Crippen LogP) is 4.22. The maximum absolute atomic E-state index is 12.4. The first-order valence-corrected chi connectivity index (χ1v) is 10.0. The molecule has 0 unspecified atom stereocenters. The van der Waals surface area contributed by atoms with Crippen LogP contribution in [0.15, 0.2) is 52.9 Å². The summed E-state index contributed by atoms with van der Waals surface area (Å²) in [6, 6.07) is 15.7. The van der Waals surface area contributed by atoms with Crippen molar-refractivity contribution in [1.82, 2.24) is 5.32 Å². The summed E-state index contributed by atoms with van der Waals surface area (Å²) in [7, 11) is 1.54. The highest BCUT2D eigenvalue weighted by Gasteiger charge is 2.22. The van der Waals surface area contributed by atoms with Crippen LogP contribution in [0.1, 0.15) is 47.0 Å². The Balaban J connectivity index is 1.50. The Hall–Kier alpha value is -3.12. The predicted molar refractivity (Wildman–Crippen MR) is 114 cm³/mol. The van der Waals surface area contributed by atoms with E-state index in [1.54, 1.807) is 13.2 Å². The molecule has 30 heavy (non-hydrogen) atoms. The molecule has 0 aliphatic heterocycles. The van der Waals surface area contributed by atoms with Gasteiger partial charge in [-0.25, -0.2) is 4.79 Å². The summed E-state index contributed by atoms with van der Waals surface area (Å²) >= 11 is 0. The first-order chi connectivity index (χ1) is 14.5. The van der Waals surface area contributed by atoms with Crippen LogP contribution >= 0.6 is 0 Å². The summed E-state index contributed by atoms with van der Waals surface area (Å²) in [6.07, 6.45) is 0.708. The smallest absolute Gasteiger partial charge is 0.375 e. The molecule has 3 aromatic rings. The molecule has 1 aromatic heterocycles. The molecule has 3 rings (SSSR count). The molecule has 0 aliphatic rings. The summed E-state index contributed by atoms with van der Waals surface area (Å²) in [5, 5.41) is 3.56. The molecule has 0 atom stereocenters. The fraction of sp³-hybridized carbons (Fsp3) is 0.333. The Morgan fingerprint density at radius 2 is 1.80 bits per heavy atom. The van der Waals surface area contributed by atoms with E-state index in [0.717, 1.165) is 10.9 Å². The highest BCUT2D eigenvalue weighted by atomic mass is 16.5. The molecule has 0 radical (unpaired) electrons. The van der Waals surface area contributed by atoms with E-state index in [2.05, 4.69) is 43.4 Å². The van der Waals surface area contributed by atoms with Gasteiger partial charge in [0.2, 0.25) is 5.76 Å². The first kappa shape index (κ1) is 21.6. The van der Waals surface area contributed by atoms with Gasteiger partial charge in [-0.05, 0) is 29.5 Å². The van der Waals surface area contributed by atoms with E-state index < -0.39 is 5.97 Å². The molecule has 1 N–H and O–H groups in total. The van der Waals surface area contributed by atoms with Crippen LogP contribution in [0, 0.1) is 0 Å². The average Bonchev–Trinajstić information content (AvgIpc) is 3.11. The maximum Gasteiger partial charge on any atom is 0.375 e. The van der Waals surface area contributed by atoms with Crippen LogP contribution in [-0.2, 0) is 27.3 Å². The lowest BCUT2D eigenvalue weighted by Crippen LogP contribution is -2.30. The average molecular weight is 409 g/mol. The zero-order valence-electron chi connectivity index (χ0n) is 17.6. The van der Waals surface area contributed by atoms with Crippen LogP contribution in [-0.4, -0.2) is 32.1 Å². The van der Waals surface area contributed by atoms with Crippen molar-refractivity contribution in [2.24, 2.45) is 0 Å². The molecule has 0 bridgehead atoms. The lowest BCUT2D eigenvalue weighted by Gasteiger charge is -2.08. The van der Waals surface area contributed by atoms with Crippen molar-refractivity contribution in [2.75, 3.05) is 20.3 Å². The molecule has 6 nitrogen and oxygen atoms in total. The molecule has 158 valence electrons. The number of carbonyl (C=O) groups excluding carboxylic acids is 2. The molecule has 0 saturated carbocycles. The minimum absolute atomic E-state index is 0.0658. The standard InChI is InChI=1S/C24H27NO5/c1-16(2)18-10-8-17(9-11-18)12-13-25-22(26)15-29-24(27)23-20(14-28-3)19-6-4-5-7-21(19)30-23/h4-11,16H,12-15H2,1-3H3,(H,25,26). The number of fused-ring (bicyclic) bond motifs is 1. The highest BCUT2D eigenvalue weighted by molar-refractivity contribution is 5.96. The van der Waals surface area contributed by atoms with Crippen LogP contribution in [0.25, 0.3) is 11.0 Å². The Morgan fingerprint density at radius 1 is 1.07 bits per heavy atom. The van der Waals surface area contributed by atoms with Crippen LogP contribution in [0.5, 0.6) is 0 Å². The molecular formula is C24H27NO5. The SMILES string of the molecule is COCc1c(C(=O)OCC(=O)NCCc2ccc(C(C)C)cc2)oc2ccccc12. The number of ether oxygens (including phenoxy) is 2. The summed E-state index contributed by atoms with van der Waals surface area (Å²) in [6.45, 7) is 4.62. The van der Waals surface area contributed by atoms with Crippen molar-refractivity contribution in [1.29, 1.82) is 0 Å². The number of amides is 1. The highest BCUT2D eigenvalue weighted by Crippen LogP contribution is 2.27. The lowest BCUT2D eigenvalue weighted by molar-refractivity contribution is -0.124. The fourth-order valence-electron chi connectivity index (χ4n) is 3.21. The molecule has 0 aliphatic carbocycles. The largest absolute Gasteiger partial charge is 0.450 e. The van der Waals surface area contributed by atoms with Gasteiger partial charge in [0.1, 0.15) is 5.58 Å². The van der Waals surface area contributed by atoms with Crippen molar-refractivity contribution < 1.29 is 23.5 Å². The van der Waals surface area contributed by atoms with Gasteiger partial charge in [-0.2, -0.15) is 0 Å². The van der Waals surface area contributed by atoms with Gasteiger partial charge in [0.05, 0.1) is 6.61 Å². The van der Waals surface area contributed by atoms with E-state index in [4.69, 9.17) is 13.9 Å². The van der Waals surface area contributed by atoms with Gasteiger partial charge in [0.15, 0.2) is 6.61 Å². The monoisotopic (exact) mass is 409 g/mol. The lowest BCUT2D eigenvalue weighted by atomic mass is 10.0. The quantitative estimate of drug-likeness (QED) is 0.536. The summed E-state index contributed by atoms with van der Waals surface area (Å²) in [5.41, 5.74) is 3.61. The first-order valence-electron chi connectivity index (χ1n) is 10.0. The van der Waals surface area contributed by atoms with E-state index in [0.29, 0.717) is 30.0 Å². The number of benzene rings is 2. The van der Waals surface area contributed by atoms with Crippen molar-refractivity contribution in [3.8, 4) is 0 Å². The van der Waals surface area contributed by atoms with E-state index in [1.807, 2.05) is 18.2 Å². The van der Waals surface area contributed by atoms with E-state index in [-0.39, 0.29) is 24.9 Å². The van der Waals surface area contributed by atoms with Crippen molar-refractivity contribution >= 4 is 22.8 Å². The third-order valence-electron chi connectivity index (χ3n) is 4.89. The van der Waals surface area contributed by atoms with Gasteiger partial charge < -0.3 is 19.2 Å². The summed E-state index contributed by atoms with van der Waals surface area (Å²) in [5.74, 6) is -0.482. The minimum Gasteiger partial charge on any atom is -0.450 e. The second-order valence-electron chi connectivity index (χ2n) is 7.41. The summed E-state index contributed by atoms with van der Waals surface area (Å²) in [4.78, 5) is 24.5. The molecule has 2 aromatic carbocycles. The molecule has 0 spiro atoms. The van der Waals surface area contributed by atoms with Crippen molar-refractivity contribution in [3.63, 3.8) is 0 Å². The molecule has 0 fully saturated rings. The topological polar surface area (TPSA) is 77.8 Å². The number of hydrogen-bond acceptors (Lipinski definition) is 5. The number of esters is 1.